The SMILES string of the molecule is O=C(NNC(=O)c1cc2c(s1)CCCCC2)c1cccc(OCC2CCCO2)c1. The largest absolute Gasteiger partial charge is 0.491 e. The number of thiophene rings is 1. The summed E-state index contributed by atoms with van der Waals surface area (Å²) < 4.78 is 11.3. The number of fused-ring (bicyclic) bond motifs is 1. The Morgan fingerprint density at radius 1 is 1.07 bits per heavy atom. The van der Waals surface area contributed by atoms with E-state index < -0.39 is 0 Å². The third-order valence-electron chi connectivity index (χ3n) is 5.32. The number of hydrogen-bond acceptors (Lipinski definition) is 5. The van der Waals surface area contributed by atoms with E-state index in [1.165, 1.54) is 41.0 Å². The van der Waals surface area contributed by atoms with Gasteiger partial charge in [0, 0.05) is 17.0 Å². The van der Waals surface area contributed by atoms with Gasteiger partial charge in [-0.05, 0) is 68.4 Å². The molecule has 2 aromatic rings. The molecule has 0 saturated carbocycles. The molecule has 0 spiro atoms. The van der Waals surface area contributed by atoms with Crippen molar-refractivity contribution in [2.24, 2.45) is 0 Å². The van der Waals surface area contributed by atoms with Gasteiger partial charge in [-0.1, -0.05) is 12.5 Å². The minimum atomic E-state index is -0.376. The molecule has 1 aromatic heterocycles. The van der Waals surface area contributed by atoms with Crippen molar-refractivity contribution in [3.8, 4) is 5.75 Å². The zero-order valence-electron chi connectivity index (χ0n) is 16.4. The minimum absolute atomic E-state index is 0.118. The summed E-state index contributed by atoms with van der Waals surface area (Å²) >= 11 is 1.53. The molecule has 29 heavy (non-hydrogen) atoms. The van der Waals surface area contributed by atoms with Gasteiger partial charge in [0.1, 0.15) is 12.4 Å². The predicted molar refractivity (Wildman–Crippen MR) is 111 cm³/mol. The lowest BCUT2D eigenvalue weighted by Crippen LogP contribution is -2.41. The Morgan fingerprint density at radius 3 is 2.79 bits per heavy atom. The maximum atomic E-state index is 12.4. The fourth-order valence-corrected chi connectivity index (χ4v) is 4.87. The Hall–Kier alpha value is -2.38. The Bertz CT molecular complexity index is 850. The van der Waals surface area contributed by atoms with Gasteiger partial charge in [-0.25, -0.2) is 0 Å². The minimum Gasteiger partial charge on any atom is -0.491 e. The lowest BCUT2D eigenvalue weighted by atomic mass is 10.1. The van der Waals surface area contributed by atoms with Crippen LogP contribution >= 0.6 is 11.3 Å². The average Bonchev–Trinajstić information content (AvgIpc) is 3.36. The maximum absolute atomic E-state index is 12.4. The molecule has 7 heteroatoms. The Labute approximate surface area is 174 Å². The van der Waals surface area contributed by atoms with Crippen LogP contribution in [0.4, 0.5) is 0 Å². The molecule has 0 radical (unpaired) electrons. The predicted octanol–water partition coefficient (Wildman–Crippen LogP) is 3.65. The van der Waals surface area contributed by atoms with Gasteiger partial charge in [0.25, 0.3) is 11.8 Å². The first-order valence-corrected chi connectivity index (χ1v) is 11.1. The van der Waals surface area contributed by atoms with E-state index in [9.17, 15) is 9.59 Å². The molecule has 2 heterocycles. The monoisotopic (exact) mass is 414 g/mol. The van der Waals surface area contributed by atoms with Crippen LogP contribution in [0.15, 0.2) is 30.3 Å². The van der Waals surface area contributed by atoms with Crippen LogP contribution < -0.4 is 15.6 Å². The molecule has 1 unspecified atom stereocenters. The van der Waals surface area contributed by atoms with E-state index in [2.05, 4.69) is 10.9 Å². The first kappa shape index (κ1) is 19.9. The molecule has 0 bridgehead atoms. The van der Waals surface area contributed by atoms with E-state index >= 15 is 0 Å². The topological polar surface area (TPSA) is 76.7 Å². The summed E-state index contributed by atoms with van der Waals surface area (Å²) in [6.45, 7) is 1.26. The second-order valence-electron chi connectivity index (χ2n) is 7.50. The molecule has 2 N–H and O–H groups in total. The molecule has 2 aliphatic rings. The molecule has 4 rings (SSSR count). The van der Waals surface area contributed by atoms with Crippen molar-refractivity contribution in [2.45, 2.75) is 51.0 Å². The highest BCUT2D eigenvalue weighted by atomic mass is 32.1. The quantitative estimate of drug-likeness (QED) is 0.578. The van der Waals surface area contributed by atoms with Crippen LogP contribution in [0.3, 0.4) is 0 Å². The van der Waals surface area contributed by atoms with E-state index in [1.807, 2.05) is 12.1 Å². The van der Waals surface area contributed by atoms with Gasteiger partial charge in [-0.2, -0.15) is 0 Å². The Kier molecular flexibility index (Phi) is 6.46. The first-order chi connectivity index (χ1) is 14.2. The van der Waals surface area contributed by atoms with E-state index in [0.717, 1.165) is 32.3 Å². The summed E-state index contributed by atoms with van der Waals surface area (Å²) in [5.74, 6) is -0.0391. The second-order valence-corrected chi connectivity index (χ2v) is 8.64. The summed E-state index contributed by atoms with van der Waals surface area (Å²) in [5, 5.41) is 0. The number of carbonyl (C=O) groups excluding carboxylic acids is 2. The van der Waals surface area contributed by atoms with Crippen LogP contribution in [0.1, 0.15) is 62.6 Å². The van der Waals surface area contributed by atoms with E-state index in [-0.39, 0.29) is 17.9 Å². The molecule has 1 atom stereocenters. The third-order valence-corrected chi connectivity index (χ3v) is 6.55. The number of aryl methyl sites for hydroxylation is 2. The number of amides is 2. The number of hydrogen-bond donors (Lipinski definition) is 2. The molecule has 1 fully saturated rings. The van der Waals surface area contributed by atoms with Gasteiger partial charge < -0.3 is 9.47 Å². The highest BCUT2D eigenvalue weighted by molar-refractivity contribution is 7.14. The number of benzene rings is 1. The lowest BCUT2D eigenvalue weighted by molar-refractivity contribution is 0.0679. The van der Waals surface area contributed by atoms with Gasteiger partial charge in [-0.15, -0.1) is 11.3 Å². The molecular formula is C22H26N2O4S. The molecule has 1 aliphatic heterocycles. The molecule has 6 nitrogen and oxygen atoms in total. The van der Waals surface area contributed by atoms with Gasteiger partial charge in [0.15, 0.2) is 0 Å². The molecule has 2 amide bonds. The van der Waals surface area contributed by atoms with Gasteiger partial charge in [0.2, 0.25) is 0 Å². The van der Waals surface area contributed by atoms with Crippen LogP contribution in [-0.4, -0.2) is 31.1 Å². The highest BCUT2D eigenvalue weighted by Crippen LogP contribution is 2.28. The first-order valence-electron chi connectivity index (χ1n) is 10.3. The Morgan fingerprint density at radius 2 is 1.93 bits per heavy atom. The molecule has 1 aromatic carbocycles. The van der Waals surface area contributed by atoms with Crippen molar-refractivity contribution in [1.29, 1.82) is 0 Å². The number of nitrogens with one attached hydrogen (secondary N) is 2. The number of ether oxygens (including phenoxy) is 2. The van der Waals surface area contributed by atoms with E-state index in [1.54, 1.807) is 18.2 Å². The molecule has 1 aliphatic carbocycles. The summed E-state index contributed by atoms with van der Waals surface area (Å²) in [6.07, 6.45) is 7.84. The van der Waals surface area contributed by atoms with E-state index in [4.69, 9.17) is 9.47 Å². The number of hydrazine groups is 1. The Balaban J connectivity index is 1.31. The van der Waals surface area contributed by atoms with Crippen LogP contribution in [0.5, 0.6) is 5.75 Å². The van der Waals surface area contributed by atoms with Gasteiger partial charge >= 0.3 is 0 Å². The maximum Gasteiger partial charge on any atom is 0.279 e. The number of rotatable bonds is 5. The fraction of sp³-hybridized carbons (Fsp3) is 0.455. The summed E-state index contributed by atoms with van der Waals surface area (Å²) in [4.78, 5) is 26.8. The standard InChI is InChI=1S/C22H26N2O4S/c25-21(16-7-4-8-17(12-16)28-14-18-9-5-11-27-18)23-24-22(26)20-13-15-6-2-1-3-10-19(15)29-20/h4,7-8,12-13,18H,1-3,5-6,9-11,14H2,(H,23,25)(H,24,26). The van der Waals surface area contributed by atoms with Crippen molar-refractivity contribution in [2.75, 3.05) is 13.2 Å². The van der Waals surface area contributed by atoms with E-state index in [0.29, 0.717) is 22.8 Å². The van der Waals surface area contributed by atoms with Crippen molar-refractivity contribution in [1.82, 2.24) is 10.9 Å². The number of carbonyl (C=O) groups is 2. The molecule has 1 saturated heterocycles. The zero-order chi connectivity index (χ0) is 20.1. The smallest absolute Gasteiger partial charge is 0.279 e. The zero-order valence-corrected chi connectivity index (χ0v) is 17.2. The summed E-state index contributed by atoms with van der Waals surface area (Å²) in [5.41, 5.74) is 6.74. The second kappa shape index (κ2) is 9.41. The highest BCUT2D eigenvalue weighted by Gasteiger charge is 2.18. The normalized spacial score (nSPS) is 18.6. The summed E-state index contributed by atoms with van der Waals surface area (Å²) in [7, 11) is 0. The lowest BCUT2D eigenvalue weighted by Gasteiger charge is -2.12. The summed E-state index contributed by atoms with van der Waals surface area (Å²) in [6, 6.07) is 8.89. The van der Waals surface area contributed by atoms with Crippen LogP contribution in [-0.2, 0) is 17.6 Å². The molecular weight excluding hydrogens is 388 g/mol. The van der Waals surface area contributed by atoms with Crippen LogP contribution in [0.25, 0.3) is 0 Å². The van der Waals surface area contributed by atoms with Crippen molar-refractivity contribution < 1.29 is 19.1 Å². The van der Waals surface area contributed by atoms with Crippen molar-refractivity contribution in [3.05, 3.63) is 51.2 Å². The van der Waals surface area contributed by atoms with Crippen molar-refractivity contribution >= 4 is 23.2 Å². The van der Waals surface area contributed by atoms with Crippen LogP contribution in [0, 0.1) is 0 Å². The average molecular weight is 415 g/mol. The fourth-order valence-electron chi connectivity index (χ4n) is 3.72. The van der Waals surface area contributed by atoms with Crippen LogP contribution in [0.2, 0.25) is 0 Å². The van der Waals surface area contributed by atoms with Gasteiger partial charge in [0.05, 0.1) is 11.0 Å². The molecule has 154 valence electrons. The van der Waals surface area contributed by atoms with Crippen molar-refractivity contribution in [3.63, 3.8) is 0 Å². The third kappa shape index (κ3) is 5.16. The van der Waals surface area contributed by atoms with Gasteiger partial charge in [-0.3, -0.25) is 20.4 Å².